The number of nitrogens with zero attached hydrogens (tertiary/aromatic N) is 3. The number of likely N-dealkylation sites (tertiary alicyclic amines) is 1. The third-order valence-electron chi connectivity index (χ3n) is 4.24. The third-order valence-corrected chi connectivity index (χ3v) is 4.24. The van der Waals surface area contributed by atoms with E-state index >= 15 is 0 Å². The monoisotopic (exact) mass is 330 g/mol. The maximum absolute atomic E-state index is 13.0. The summed E-state index contributed by atoms with van der Waals surface area (Å²) >= 11 is 0. The third kappa shape index (κ3) is 4.07. The van der Waals surface area contributed by atoms with Gasteiger partial charge >= 0.3 is 0 Å². The minimum atomic E-state index is -0.197. The van der Waals surface area contributed by atoms with Crippen molar-refractivity contribution in [3.05, 3.63) is 53.2 Å². The van der Waals surface area contributed by atoms with Gasteiger partial charge in [-0.2, -0.15) is 0 Å². The van der Waals surface area contributed by atoms with Crippen molar-refractivity contribution in [2.45, 2.75) is 25.9 Å². The van der Waals surface area contributed by atoms with E-state index in [4.69, 9.17) is 4.74 Å². The molecule has 3 rings (SSSR count). The van der Waals surface area contributed by atoms with Crippen molar-refractivity contribution in [1.29, 1.82) is 0 Å². The van der Waals surface area contributed by atoms with E-state index in [1.807, 2.05) is 25.1 Å². The summed E-state index contributed by atoms with van der Waals surface area (Å²) in [6.07, 6.45) is 1.08. The molecule has 1 aromatic carbocycles. The van der Waals surface area contributed by atoms with Crippen LogP contribution in [0.2, 0.25) is 0 Å². The van der Waals surface area contributed by atoms with Crippen molar-refractivity contribution < 1.29 is 9.13 Å². The Kier molecular flexibility index (Phi) is 5.37. The molecule has 1 aliphatic heterocycles. The summed E-state index contributed by atoms with van der Waals surface area (Å²) < 4.78 is 18.1. The van der Waals surface area contributed by atoms with Gasteiger partial charge in [-0.15, -0.1) is 0 Å². The topological polar surface area (TPSA) is 50.3 Å². The predicted octanol–water partition coefficient (Wildman–Crippen LogP) is 2.93. The summed E-state index contributed by atoms with van der Waals surface area (Å²) in [5.74, 6) is 1.40. The second kappa shape index (κ2) is 7.68. The largest absolute Gasteiger partial charge is 0.383 e. The number of aryl methyl sites for hydroxylation is 1. The van der Waals surface area contributed by atoms with Crippen molar-refractivity contribution in [2.24, 2.45) is 0 Å². The molecule has 1 aliphatic rings. The molecule has 0 bridgehead atoms. The highest BCUT2D eigenvalue weighted by Crippen LogP contribution is 2.34. The summed E-state index contributed by atoms with van der Waals surface area (Å²) in [6, 6.07) is 9.01. The van der Waals surface area contributed by atoms with Gasteiger partial charge in [0, 0.05) is 32.8 Å². The summed E-state index contributed by atoms with van der Waals surface area (Å²) in [5, 5.41) is 3.26. The van der Waals surface area contributed by atoms with Crippen LogP contribution >= 0.6 is 0 Å². The Morgan fingerprint density at radius 1 is 1.29 bits per heavy atom. The lowest BCUT2D eigenvalue weighted by Gasteiger charge is -2.40. The van der Waals surface area contributed by atoms with E-state index in [1.54, 1.807) is 7.11 Å². The van der Waals surface area contributed by atoms with Crippen LogP contribution in [0, 0.1) is 12.7 Å². The fourth-order valence-electron chi connectivity index (χ4n) is 2.92. The van der Waals surface area contributed by atoms with E-state index in [0.29, 0.717) is 12.6 Å². The molecule has 0 radical (unpaired) electrons. The Hall–Kier alpha value is -2.05. The molecule has 1 N–H and O–H groups in total. The molecular weight excluding hydrogens is 307 g/mol. The van der Waals surface area contributed by atoms with Gasteiger partial charge in [-0.25, -0.2) is 14.4 Å². The zero-order valence-corrected chi connectivity index (χ0v) is 14.1. The number of nitrogens with one attached hydrogen (secondary N) is 1. The average Bonchev–Trinajstić information content (AvgIpc) is 2.53. The number of ether oxygens (including phenoxy) is 1. The highest BCUT2D eigenvalue weighted by atomic mass is 19.1. The van der Waals surface area contributed by atoms with E-state index < -0.39 is 0 Å². The van der Waals surface area contributed by atoms with Gasteiger partial charge in [0.2, 0.25) is 0 Å². The standard InChI is InChI=1S/C18H23FN4O/c1-13-21-16(11-18(22-13)20-8-10-24-2)17-7-9-23(17)12-14-3-5-15(19)6-4-14/h3-6,11,17H,7-10,12H2,1-2H3,(H,20,21,22)/t17-/m0/s1. The van der Waals surface area contributed by atoms with Gasteiger partial charge in [0.25, 0.3) is 0 Å². The predicted molar refractivity (Wildman–Crippen MR) is 91.3 cm³/mol. The van der Waals surface area contributed by atoms with E-state index in [2.05, 4.69) is 20.2 Å². The van der Waals surface area contributed by atoms with Crippen LogP contribution in [-0.2, 0) is 11.3 Å². The normalized spacial score (nSPS) is 17.5. The highest BCUT2D eigenvalue weighted by molar-refractivity contribution is 5.37. The van der Waals surface area contributed by atoms with Crippen molar-refractivity contribution in [3.63, 3.8) is 0 Å². The van der Waals surface area contributed by atoms with Gasteiger partial charge in [-0.3, -0.25) is 4.90 Å². The van der Waals surface area contributed by atoms with E-state index in [-0.39, 0.29) is 5.82 Å². The lowest BCUT2D eigenvalue weighted by atomic mass is 9.98. The van der Waals surface area contributed by atoms with Crippen molar-refractivity contribution in [1.82, 2.24) is 14.9 Å². The number of hydrogen-bond donors (Lipinski definition) is 1. The lowest BCUT2D eigenvalue weighted by molar-refractivity contribution is 0.0785. The first-order valence-corrected chi connectivity index (χ1v) is 8.22. The number of hydrogen-bond acceptors (Lipinski definition) is 5. The number of anilines is 1. The Bertz CT molecular complexity index is 677. The van der Waals surface area contributed by atoms with Crippen LogP contribution in [0.15, 0.2) is 30.3 Å². The molecule has 1 atom stereocenters. The fraction of sp³-hybridized carbons (Fsp3) is 0.444. The van der Waals surface area contributed by atoms with Crippen LogP contribution in [-0.4, -0.2) is 41.7 Å². The summed E-state index contributed by atoms with van der Waals surface area (Å²) in [4.78, 5) is 11.4. The van der Waals surface area contributed by atoms with E-state index in [1.165, 1.54) is 12.1 Å². The summed E-state index contributed by atoms with van der Waals surface area (Å²) in [5.41, 5.74) is 2.15. The zero-order valence-electron chi connectivity index (χ0n) is 14.1. The van der Waals surface area contributed by atoms with Gasteiger partial charge in [0.15, 0.2) is 0 Å². The minimum Gasteiger partial charge on any atom is -0.383 e. The van der Waals surface area contributed by atoms with Gasteiger partial charge in [-0.1, -0.05) is 12.1 Å². The number of rotatable bonds is 7. The van der Waals surface area contributed by atoms with Gasteiger partial charge in [0.05, 0.1) is 18.3 Å². The van der Waals surface area contributed by atoms with Crippen LogP contribution in [0.3, 0.4) is 0 Å². The van der Waals surface area contributed by atoms with Crippen LogP contribution in [0.5, 0.6) is 0 Å². The molecule has 24 heavy (non-hydrogen) atoms. The highest BCUT2D eigenvalue weighted by Gasteiger charge is 2.30. The van der Waals surface area contributed by atoms with Crippen LogP contribution in [0.1, 0.15) is 29.5 Å². The average molecular weight is 330 g/mol. The van der Waals surface area contributed by atoms with Crippen molar-refractivity contribution in [3.8, 4) is 0 Å². The molecule has 0 amide bonds. The first-order chi connectivity index (χ1) is 11.7. The first-order valence-electron chi connectivity index (χ1n) is 8.22. The smallest absolute Gasteiger partial charge is 0.130 e. The molecule has 6 heteroatoms. The molecule has 1 saturated heterocycles. The first kappa shape index (κ1) is 16.8. The number of methoxy groups -OCH3 is 1. The molecule has 1 aromatic heterocycles. The molecular formula is C18H23FN4O. The summed E-state index contributed by atoms with van der Waals surface area (Å²) in [7, 11) is 1.68. The van der Waals surface area contributed by atoms with Gasteiger partial charge in [0.1, 0.15) is 17.5 Å². The number of aromatic nitrogens is 2. The molecule has 128 valence electrons. The Labute approximate surface area is 141 Å². The van der Waals surface area contributed by atoms with E-state index in [9.17, 15) is 4.39 Å². The van der Waals surface area contributed by atoms with Gasteiger partial charge in [-0.05, 0) is 31.0 Å². The second-order valence-corrected chi connectivity index (χ2v) is 6.05. The lowest BCUT2D eigenvalue weighted by Crippen LogP contribution is -2.40. The van der Waals surface area contributed by atoms with Gasteiger partial charge < -0.3 is 10.1 Å². The molecule has 5 nitrogen and oxygen atoms in total. The maximum atomic E-state index is 13.0. The van der Waals surface area contributed by atoms with Crippen LogP contribution < -0.4 is 5.32 Å². The van der Waals surface area contributed by atoms with Crippen LogP contribution in [0.25, 0.3) is 0 Å². The number of halogens is 1. The molecule has 1 fully saturated rings. The molecule has 0 unspecified atom stereocenters. The number of benzene rings is 1. The van der Waals surface area contributed by atoms with Crippen molar-refractivity contribution >= 4 is 5.82 Å². The molecule has 2 aromatic rings. The molecule has 0 aliphatic carbocycles. The Balaban J connectivity index is 1.68. The molecule has 2 heterocycles. The Morgan fingerprint density at radius 3 is 2.75 bits per heavy atom. The second-order valence-electron chi connectivity index (χ2n) is 6.05. The minimum absolute atomic E-state index is 0.197. The zero-order chi connectivity index (χ0) is 16.9. The molecule has 0 spiro atoms. The fourth-order valence-corrected chi connectivity index (χ4v) is 2.92. The quantitative estimate of drug-likeness (QED) is 0.791. The Morgan fingerprint density at radius 2 is 2.08 bits per heavy atom. The van der Waals surface area contributed by atoms with Crippen LogP contribution in [0.4, 0.5) is 10.2 Å². The maximum Gasteiger partial charge on any atom is 0.130 e. The van der Waals surface area contributed by atoms with Crippen molar-refractivity contribution in [2.75, 3.05) is 32.1 Å². The SMILES string of the molecule is COCCNc1cc([C@@H]2CCN2Cc2ccc(F)cc2)nc(C)n1. The summed E-state index contributed by atoms with van der Waals surface area (Å²) in [6.45, 7) is 5.10. The van der Waals surface area contributed by atoms with E-state index in [0.717, 1.165) is 49.0 Å². The molecule has 0 saturated carbocycles.